The highest BCUT2D eigenvalue weighted by Crippen LogP contribution is 2.20. The van der Waals surface area contributed by atoms with Crippen LogP contribution >= 0.6 is 11.6 Å². The van der Waals surface area contributed by atoms with Gasteiger partial charge < -0.3 is 15.2 Å². The minimum absolute atomic E-state index is 0.0529. The van der Waals surface area contributed by atoms with Crippen LogP contribution in [0.4, 0.5) is 0 Å². The zero-order valence-corrected chi connectivity index (χ0v) is 11.4. The number of amides is 1. The molecule has 1 saturated heterocycles. The van der Waals surface area contributed by atoms with E-state index in [-0.39, 0.29) is 12.5 Å². The van der Waals surface area contributed by atoms with Gasteiger partial charge in [0, 0.05) is 18.2 Å². The van der Waals surface area contributed by atoms with E-state index in [1.165, 1.54) is 0 Å². The van der Waals surface area contributed by atoms with Gasteiger partial charge in [-0.05, 0) is 30.5 Å². The highest BCUT2D eigenvalue weighted by molar-refractivity contribution is 6.30. The molecule has 1 fully saturated rings. The Labute approximate surface area is 117 Å². The van der Waals surface area contributed by atoms with Crippen LogP contribution in [0.2, 0.25) is 5.02 Å². The highest BCUT2D eigenvalue weighted by atomic mass is 35.5. The number of aliphatic hydroxyl groups is 1. The summed E-state index contributed by atoms with van der Waals surface area (Å²) >= 11 is 5.80. The predicted molar refractivity (Wildman–Crippen MR) is 73.2 cm³/mol. The maximum absolute atomic E-state index is 12.0. The minimum atomic E-state index is -0.526. The van der Waals surface area contributed by atoms with Crippen molar-refractivity contribution in [2.75, 3.05) is 19.8 Å². The van der Waals surface area contributed by atoms with E-state index in [0.717, 1.165) is 5.56 Å². The first-order valence-electron chi connectivity index (χ1n) is 6.38. The summed E-state index contributed by atoms with van der Waals surface area (Å²) in [6.45, 7) is 1.09. The molecule has 4 nitrogen and oxygen atoms in total. The Morgan fingerprint density at radius 2 is 1.95 bits per heavy atom. The Morgan fingerprint density at radius 3 is 2.53 bits per heavy atom. The molecule has 0 spiro atoms. The fourth-order valence-electron chi connectivity index (χ4n) is 2.21. The number of ether oxygens (including phenoxy) is 1. The molecule has 0 unspecified atom stereocenters. The number of hydrogen-bond donors (Lipinski definition) is 2. The summed E-state index contributed by atoms with van der Waals surface area (Å²) in [6, 6.07) is 7.19. The molecule has 1 aromatic carbocycles. The van der Waals surface area contributed by atoms with Gasteiger partial charge in [-0.15, -0.1) is 0 Å². The number of hydrogen-bond acceptors (Lipinski definition) is 3. The van der Waals surface area contributed by atoms with Crippen LogP contribution in [0, 0.1) is 0 Å². The van der Waals surface area contributed by atoms with E-state index in [1.807, 2.05) is 12.1 Å². The zero-order chi connectivity index (χ0) is 13.7. The first-order chi connectivity index (χ1) is 9.13. The Hall–Kier alpha value is -1.10. The molecular formula is C14H18ClNO3. The Bertz CT molecular complexity index is 427. The second-order valence-corrected chi connectivity index (χ2v) is 5.34. The number of nitrogens with one attached hydrogen (secondary N) is 1. The summed E-state index contributed by atoms with van der Waals surface area (Å²) in [4.78, 5) is 12.0. The average Bonchev–Trinajstić information content (AvgIpc) is 2.42. The van der Waals surface area contributed by atoms with Gasteiger partial charge in [0.1, 0.15) is 0 Å². The molecule has 1 aromatic rings. The van der Waals surface area contributed by atoms with Crippen molar-refractivity contribution in [3.8, 4) is 0 Å². The summed E-state index contributed by atoms with van der Waals surface area (Å²) < 4.78 is 5.26. The number of carbonyl (C=O) groups excluding carboxylic acids is 1. The minimum Gasteiger partial charge on any atom is -0.394 e. The third-order valence-corrected chi connectivity index (χ3v) is 3.69. The lowest BCUT2D eigenvalue weighted by Crippen LogP contribution is -2.55. The van der Waals surface area contributed by atoms with Gasteiger partial charge in [-0.25, -0.2) is 0 Å². The predicted octanol–water partition coefficient (Wildman–Crippen LogP) is 1.54. The van der Waals surface area contributed by atoms with Crippen molar-refractivity contribution in [2.24, 2.45) is 0 Å². The molecule has 1 aliphatic heterocycles. The Morgan fingerprint density at radius 1 is 1.32 bits per heavy atom. The molecular weight excluding hydrogens is 266 g/mol. The molecule has 1 amide bonds. The quantitative estimate of drug-likeness (QED) is 0.881. The maximum Gasteiger partial charge on any atom is 0.224 e. The molecule has 2 N–H and O–H groups in total. The molecule has 0 bridgehead atoms. The standard InChI is InChI=1S/C14H18ClNO3/c15-12-3-1-11(2-4-12)9-13(18)16-14(10-17)5-7-19-8-6-14/h1-4,17H,5-10H2,(H,16,18). The molecule has 104 valence electrons. The number of benzene rings is 1. The molecule has 0 aliphatic carbocycles. The molecule has 0 atom stereocenters. The average molecular weight is 284 g/mol. The molecule has 19 heavy (non-hydrogen) atoms. The third kappa shape index (κ3) is 3.93. The summed E-state index contributed by atoms with van der Waals surface area (Å²) in [7, 11) is 0. The first-order valence-corrected chi connectivity index (χ1v) is 6.75. The van der Waals surface area contributed by atoms with Gasteiger partial charge in [0.25, 0.3) is 0 Å². The second kappa shape index (κ2) is 6.37. The van der Waals surface area contributed by atoms with E-state index in [1.54, 1.807) is 12.1 Å². The smallest absolute Gasteiger partial charge is 0.224 e. The van der Waals surface area contributed by atoms with E-state index in [4.69, 9.17) is 16.3 Å². The normalized spacial score (nSPS) is 18.0. The molecule has 0 radical (unpaired) electrons. The lowest BCUT2D eigenvalue weighted by atomic mass is 9.90. The van der Waals surface area contributed by atoms with Crippen LogP contribution in [0.1, 0.15) is 18.4 Å². The van der Waals surface area contributed by atoms with E-state index >= 15 is 0 Å². The lowest BCUT2D eigenvalue weighted by molar-refractivity contribution is -0.124. The molecule has 0 aromatic heterocycles. The number of halogens is 1. The highest BCUT2D eigenvalue weighted by Gasteiger charge is 2.33. The molecule has 5 heteroatoms. The number of rotatable bonds is 4. The van der Waals surface area contributed by atoms with Gasteiger partial charge in [-0.3, -0.25) is 4.79 Å². The van der Waals surface area contributed by atoms with Crippen molar-refractivity contribution in [3.63, 3.8) is 0 Å². The van der Waals surface area contributed by atoms with E-state index < -0.39 is 5.54 Å². The Balaban J connectivity index is 1.94. The van der Waals surface area contributed by atoms with Crippen molar-refractivity contribution < 1.29 is 14.6 Å². The fourth-order valence-corrected chi connectivity index (χ4v) is 2.34. The van der Waals surface area contributed by atoms with Crippen molar-refractivity contribution in [1.29, 1.82) is 0 Å². The van der Waals surface area contributed by atoms with Crippen LogP contribution in [-0.2, 0) is 16.0 Å². The Kier molecular flexibility index (Phi) is 4.80. The van der Waals surface area contributed by atoms with Crippen LogP contribution in [-0.4, -0.2) is 36.4 Å². The van der Waals surface area contributed by atoms with Gasteiger partial charge in [0.2, 0.25) is 5.91 Å². The van der Waals surface area contributed by atoms with E-state index in [2.05, 4.69) is 5.32 Å². The molecule has 0 saturated carbocycles. The maximum atomic E-state index is 12.0. The van der Waals surface area contributed by atoms with Gasteiger partial charge in [-0.2, -0.15) is 0 Å². The monoisotopic (exact) mass is 283 g/mol. The fraction of sp³-hybridized carbons (Fsp3) is 0.500. The van der Waals surface area contributed by atoms with Gasteiger partial charge in [0.05, 0.1) is 18.6 Å². The van der Waals surface area contributed by atoms with Crippen LogP contribution in [0.5, 0.6) is 0 Å². The van der Waals surface area contributed by atoms with Crippen LogP contribution < -0.4 is 5.32 Å². The first kappa shape index (κ1) is 14.3. The number of carbonyl (C=O) groups is 1. The van der Waals surface area contributed by atoms with Crippen LogP contribution in [0.15, 0.2) is 24.3 Å². The summed E-state index contributed by atoms with van der Waals surface area (Å²) in [5.41, 5.74) is 0.379. The zero-order valence-electron chi connectivity index (χ0n) is 10.7. The molecule has 2 rings (SSSR count). The van der Waals surface area contributed by atoms with Crippen LogP contribution in [0.3, 0.4) is 0 Å². The molecule has 1 heterocycles. The lowest BCUT2D eigenvalue weighted by Gasteiger charge is -2.36. The second-order valence-electron chi connectivity index (χ2n) is 4.90. The number of aliphatic hydroxyl groups excluding tert-OH is 1. The topological polar surface area (TPSA) is 58.6 Å². The van der Waals surface area contributed by atoms with E-state index in [0.29, 0.717) is 37.5 Å². The van der Waals surface area contributed by atoms with E-state index in [9.17, 15) is 9.90 Å². The van der Waals surface area contributed by atoms with Gasteiger partial charge >= 0.3 is 0 Å². The third-order valence-electron chi connectivity index (χ3n) is 3.44. The van der Waals surface area contributed by atoms with Gasteiger partial charge in [-0.1, -0.05) is 23.7 Å². The van der Waals surface area contributed by atoms with Gasteiger partial charge in [0.15, 0.2) is 0 Å². The SMILES string of the molecule is O=C(Cc1ccc(Cl)cc1)NC1(CO)CCOCC1. The summed E-state index contributed by atoms with van der Waals surface area (Å²) in [5.74, 6) is -0.0849. The van der Waals surface area contributed by atoms with Crippen LogP contribution in [0.25, 0.3) is 0 Å². The van der Waals surface area contributed by atoms with Crippen molar-refractivity contribution >= 4 is 17.5 Å². The summed E-state index contributed by atoms with van der Waals surface area (Å²) in [5, 5.41) is 13.1. The largest absolute Gasteiger partial charge is 0.394 e. The molecule has 1 aliphatic rings. The van der Waals surface area contributed by atoms with Crippen molar-refractivity contribution in [2.45, 2.75) is 24.8 Å². The van der Waals surface area contributed by atoms with Crippen molar-refractivity contribution in [3.05, 3.63) is 34.9 Å². The summed E-state index contributed by atoms with van der Waals surface area (Å²) in [6.07, 6.45) is 1.59. The van der Waals surface area contributed by atoms with Crippen molar-refractivity contribution in [1.82, 2.24) is 5.32 Å².